The van der Waals surface area contributed by atoms with Gasteiger partial charge in [-0.05, 0) is 48.9 Å². The van der Waals surface area contributed by atoms with Gasteiger partial charge in [-0.3, -0.25) is 14.5 Å². The predicted octanol–water partition coefficient (Wildman–Crippen LogP) is 3.83. The SMILES string of the molecule is O=[N+]([O-])c1cc(S(=O)(=O)N2CCCCCC2)ccc1Sc1n[nH]c2nc3ccccc3n12. The van der Waals surface area contributed by atoms with Gasteiger partial charge in [-0.15, -0.1) is 5.10 Å². The standard InChI is InChI=1S/C20H20N6O4S2/c27-26(28)17-13-14(32(29,30)24-11-5-1-2-6-12-24)9-10-18(17)31-20-23-22-19-21-15-7-3-4-8-16(15)25(19)20/h3-4,7-10,13H,1-2,5-6,11-12H2,(H,21,22). The average Bonchev–Trinajstić information content (AvgIpc) is 3.20. The van der Waals surface area contributed by atoms with Gasteiger partial charge >= 0.3 is 0 Å². The molecule has 12 heteroatoms. The Labute approximate surface area is 187 Å². The lowest BCUT2D eigenvalue weighted by atomic mass is 10.2. The van der Waals surface area contributed by atoms with Crippen molar-refractivity contribution in [2.45, 2.75) is 40.6 Å². The second-order valence-corrected chi connectivity index (χ2v) is 10.5. The van der Waals surface area contributed by atoms with Gasteiger partial charge in [-0.1, -0.05) is 25.0 Å². The fraction of sp³-hybridized carbons (Fsp3) is 0.300. The van der Waals surface area contributed by atoms with Gasteiger partial charge < -0.3 is 0 Å². The minimum absolute atomic E-state index is 0.0595. The van der Waals surface area contributed by atoms with Crippen LogP contribution in [0.2, 0.25) is 0 Å². The topological polar surface area (TPSA) is 126 Å². The molecular formula is C20H20N6O4S2. The lowest BCUT2D eigenvalue weighted by Gasteiger charge is -2.20. The summed E-state index contributed by atoms with van der Waals surface area (Å²) in [5.74, 6) is 0.525. The van der Waals surface area contributed by atoms with Gasteiger partial charge in [0.25, 0.3) is 5.69 Å². The monoisotopic (exact) mass is 472 g/mol. The lowest BCUT2D eigenvalue weighted by molar-refractivity contribution is -0.388. The fourth-order valence-corrected chi connectivity index (χ4v) is 6.40. The Hall–Kier alpha value is -2.96. The number of H-pyrrole nitrogens is 1. The average molecular weight is 473 g/mol. The summed E-state index contributed by atoms with van der Waals surface area (Å²) in [7, 11) is -3.79. The second-order valence-electron chi connectivity index (χ2n) is 7.57. The van der Waals surface area contributed by atoms with Crippen molar-refractivity contribution in [1.29, 1.82) is 0 Å². The van der Waals surface area contributed by atoms with Crippen LogP contribution in [0.1, 0.15) is 25.7 Å². The molecule has 0 atom stereocenters. The van der Waals surface area contributed by atoms with Gasteiger partial charge in [-0.2, -0.15) is 4.31 Å². The molecule has 1 aliphatic heterocycles. The van der Waals surface area contributed by atoms with Crippen molar-refractivity contribution in [1.82, 2.24) is 23.9 Å². The van der Waals surface area contributed by atoms with E-state index < -0.39 is 14.9 Å². The van der Waals surface area contributed by atoms with Crippen molar-refractivity contribution in [2.24, 2.45) is 0 Å². The first-order valence-corrected chi connectivity index (χ1v) is 12.5. The third kappa shape index (κ3) is 3.63. The molecule has 0 spiro atoms. The molecule has 0 aliphatic carbocycles. The van der Waals surface area contributed by atoms with Crippen LogP contribution in [0.15, 0.2) is 57.4 Å². The number of imidazole rings is 1. The minimum atomic E-state index is -3.79. The van der Waals surface area contributed by atoms with Gasteiger partial charge in [0.15, 0.2) is 5.16 Å². The molecular weight excluding hydrogens is 452 g/mol. The zero-order valence-corrected chi connectivity index (χ0v) is 18.6. The van der Waals surface area contributed by atoms with Crippen LogP contribution in [0, 0.1) is 10.1 Å². The number of nitrogens with zero attached hydrogens (tertiary/aromatic N) is 5. The summed E-state index contributed by atoms with van der Waals surface area (Å²) in [5.41, 5.74) is 1.32. The zero-order chi connectivity index (χ0) is 22.3. The first-order chi connectivity index (χ1) is 15.4. The fourth-order valence-electron chi connectivity index (χ4n) is 3.93. The minimum Gasteiger partial charge on any atom is -0.258 e. The number of hydrogen-bond donors (Lipinski definition) is 1. The van der Waals surface area contributed by atoms with E-state index in [0.29, 0.717) is 28.9 Å². The smallest absolute Gasteiger partial charge is 0.258 e. The summed E-state index contributed by atoms with van der Waals surface area (Å²) in [6.07, 6.45) is 3.57. The molecule has 10 nitrogen and oxygen atoms in total. The van der Waals surface area contributed by atoms with Crippen molar-refractivity contribution < 1.29 is 13.3 Å². The highest BCUT2D eigenvalue weighted by Gasteiger charge is 2.28. The molecule has 1 fully saturated rings. The molecule has 1 N–H and O–H groups in total. The lowest BCUT2D eigenvalue weighted by Crippen LogP contribution is -2.31. The van der Waals surface area contributed by atoms with E-state index in [9.17, 15) is 18.5 Å². The molecule has 0 radical (unpaired) electrons. The Morgan fingerprint density at radius 2 is 1.81 bits per heavy atom. The normalized spacial score (nSPS) is 15.9. The molecule has 0 unspecified atom stereocenters. The highest BCUT2D eigenvalue weighted by Crippen LogP contribution is 2.37. The Morgan fingerprint density at radius 1 is 1.06 bits per heavy atom. The van der Waals surface area contributed by atoms with E-state index in [1.165, 1.54) is 16.4 Å². The quantitative estimate of drug-likeness (QED) is 0.345. The molecule has 0 amide bonds. The number of aromatic nitrogens is 4. The maximum atomic E-state index is 13.1. The summed E-state index contributed by atoms with van der Waals surface area (Å²) in [4.78, 5) is 16.0. The van der Waals surface area contributed by atoms with Crippen molar-refractivity contribution >= 4 is 44.3 Å². The van der Waals surface area contributed by atoms with Crippen molar-refractivity contribution in [3.63, 3.8) is 0 Å². The van der Waals surface area contributed by atoms with E-state index in [1.807, 2.05) is 24.3 Å². The summed E-state index contributed by atoms with van der Waals surface area (Å²) in [5, 5.41) is 19.4. The largest absolute Gasteiger partial charge is 0.284 e. The summed E-state index contributed by atoms with van der Waals surface area (Å²) in [6.45, 7) is 0.872. The van der Waals surface area contributed by atoms with Crippen LogP contribution >= 0.6 is 11.8 Å². The first kappa shape index (κ1) is 20.9. The Kier molecular flexibility index (Phi) is 5.35. The molecule has 1 aliphatic rings. The van der Waals surface area contributed by atoms with Gasteiger partial charge in [0.2, 0.25) is 15.8 Å². The third-order valence-corrected chi connectivity index (χ3v) is 8.45. The number of sulfonamides is 1. The van der Waals surface area contributed by atoms with Crippen LogP contribution in [-0.4, -0.2) is 50.3 Å². The van der Waals surface area contributed by atoms with E-state index in [4.69, 9.17) is 0 Å². The van der Waals surface area contributed by atoms with E-state index in [1.54, 1.807) is 4.40 Å². The second kappa shape index (κ2) is 8.19. The number of para-hydroxylation sites is 2. The molecule has 4 aromatic rings. The van der Waals surface area contributed by atoms with E-state index in [0.717, 1.165) is 54.5 Å². The van der Waals surface area contributed by atoms with Crippen LogP contribution in [0.4, 0.5) is 5.69 Å². The van der Waals surface area contributed by atoms with Crippen LogP contribution in [-0.2, 0) is 10.0 Å². The van der Waals surface area contributed by atoms with Crippen LogP contribution < -0.4 is 0 Å². The van der Waals surface area contributed by atoms with E-state index in [2.05, 4.69) is 15.2 Å². The Bertz CT molecular complexity index is 1420. The summed E-state index contributed by atoms with van der Waals surface area (Å²) >= 11 is 1.09. The van der Waals surface area contributed by atoms with Gasteiger partial charge in [0.05, 0.1) is 25.7 Å². The number of nitro groups is 1. The molecule has 3 heterocycles. The highest BCUT2D eigenvalue weighted by molar-refractivity contribution is 7.99. The third-order valence-electron chi connectivity index (χ3n) is 5.53. The molecule has 0 saturated carbocycles. The number of nitro benzene ring substituents is 1. The summed E-state index contributed by atoms with van der Waals surface area (Å²) < 4.78 is 29.4. The van der Waals surface area contributed by atoms with Crippen LogP contribution in [0.3, 0.4) is 0 Å². The van der Waals surface area contributed by atoms with Crippen molar-refractivity contribution in [2.75, 3.05) is 13.1 Å². The number of aromatic amines is 1. The number of fused-ring (bicyclic) bond motifs is 3. The van der Waals surface area contributed by atoms with Crippen molar-refractivity contribution in [3.05, 3.63) is 52.6 Å². The molecule has 32 heavy (non-hydrogen) atoms. The first-order valence-electron chi connectivity index (χ1n) is 10.2. The molecule has 1 saturated heterocycles. The molecule has 2 aromatic heterocycles. The van der Waals surface area contributed by atoms with Gasteiger partial charge in [-0.25, -0.2) is 18.5 Å². The molecule has 5 rings (SSSR count). The van der Waals surface area contributed by atoms with Gasteiger partial charge in [0, 0.05) is 19.2 Å². The Morgan fingerprint density at radius 3 is 2.56 bits per heavy atom. The van der Waals surface area contributed by atoms with Crippen LogP contribution in [0.5, 0.6) is 0 Å². The van der Waals surface area contributed by atoms with Crippen molar-refractivity contribution in [3.8, 4) is 0 Å². The predicted molar refractivity (Wildman–Crippen MR) is 119 cm³/mol. The maximum Gasteiger partial charge on any atom is 0.284 e. The van der Waals surface area contributed by atoms with E-state index >= 15 is 0 Å². The van der Waals surface area contributed by atoms with Crippen LogP contribution in [0.25, 0.3) is 16.8 Å². The molecule has 166 valence electrons. The van der Waals surface area contributed by atoms with E-state index in [-0.39, 0.29) is 10.6 Å². The maximum absolute atomic E-state index is 13.1. The zero-order valence-electron chi connectivity index (χ0n) is 17.0. The number of nitrogens with one attached hydrogen (secondary N) is 1. The number of hydrogen-bond acceptors (Lipinski definition) is 7. The number of rotatable bonds is 5. The molecule has 0 bridgehead atoms. The summed E-state index contributed by atoms with van der Waals surface area (Å²) in [6, 6.07) is 11.6. The highest BCUT2D eigenvalue weighted by atomic mass is 32.2. The number of benzene rings is 2. The Balaban J connectivity index is 1.53. The molecule has 2 aromatic carbocycles. The van der Waals surface area contributed by atoms with Gasteiger partial charge in [0.1, 0.15) is 0 Å².